The molecule has 1 aromatic rings. The van der Waals surface area contributed by atoms with E-state index < -0.39 is 0 Å². The first-order valence-corrected chi connectivity index (χ1v) is 5.25. The summed E-state index contributed by atoms with van der Waals surface area (Å²) in [4.78, 5) is 0. The van der Waals surface area contributed by atoms with Crippen molar-refractivity contribution in [3.8, 4) is 0 Å². The third kappa shape index (κ3) is 2.76. The Balaban J connectivity index is 2.86. The number of aromatic nitrogens is 2. The summed E-state index contributed by atoms with van der Waals surface area (Å²) in [6.07, 6.45) is 3.14. The van der Waals surface area contributed by atoms with Crippen molar-refractivity contribution in [1.82, 2.24) is 10.2 Å². The molecule has 0 aliphatic carbocycles. The first-order chi connectivity index (χ1) is 6.44. The van der Waals surface area contributed by atoms with E-state index in [4.69, 9.17) is 5.73 Å². The van der Waals surface area contributed by atoms with Gasteiger partial charge in [0.05, 0.1) is 0 Å². The number of H-pyrrole nitrogens is 1. The average Bonchev–Trinajstić information content (AvgIpc) is 2.33. The van der Waals surface area contributed by atoms with E-state index in [2.05, 4.69) is 37.9 Å². The van der Waals surface area contributed by atoms with Crippen molar-refractivity contribution < 1.29 is 0 Å². The van der Waals surface area contributed by atoms with Gasteiger partial charge >= 0.3 is 0 Å². The molecule has 14 heavy (non-hydrogen) atoms. The number of nitrogens with one attached hydrogen (secondary N) is 1. The van der Waals surface area contributed by atoms with Gasteiger partial charge in [-0.15, -0.1) is 0 Å². The molecule has 1 heterocycles. The van der Waals surface area contributed by atoms with E-state index in [0.29, 0.717) is 5.82 Å². The van der Waals surface area contributed by atoms with Crippen molar-refractivity contribution >= 4 is 5.82 Å². The lowest BCUT2D eigenvalue weighted by Crippen LogP contribution is -2.11. The second-order valence-corrected chi connectivity index (χ2v) is 5.05. The van der Waals surface area contributed by atoms with Crippen molar-refractivity contribution in [3.63, 3.8) is 0 Å². The Morgan fingerprint density at radius 3 is 2.50 bits per heavy atom. The minimum Gasteiger partial charge on any atom is -0.382 e. The highest BCUT2D eigenvalue weighted by Gasteiger charge is 2.17. The molecule has 3 nitrogen and oxygen atoms in total. The Hall–Kier alpha value is -0.990. The van der Waals surface area contributed by atoms with Crippen molar-refractivity contribution in [2.75, 3.05) is 5.73 Å². The topological polar surface area (TPSA) is 54.7 Å². The van der Waals surface area contributed by atoms with E-state index >= 15 is 0 Å². The van der Waals surface area contributed by atoms with Gasteiger partial charge in [-0.05, 0) is 18.3 Å². The minimum atomic E-state index is 0.279. The molecule has 0 fully saturated rings. The van der Waals surface area contributed by atoms with Crippen LogP contribution in [0.2, 0.25) is 0 Å². The zero-order chi connectivity index (χ0) is 10.8. The van der Waals surface area contributed by atoms with E-state index in [1.807, 2.05) is 0 Å². The monoisotopic (exact) mass is 195 g/mol. The molecule has 1 rings (SSSR count). The predicted octanol–water partition coefficient (Wildman–Crippen LogP) is 2.53. The molecule has 0 aromatic carbocycles. The molecule has 0 saturated carbocycles. The first-order valence-electron chi connectivity index (χ1n) is 5.25. The molecule has 0 aliphatic heterocycles. The van der Waals surface area contributed by atoms with Gasteiger partial charge in [-0.25, -0.2) is 0 Å². The smallest absolute Gasteiger partial charge is 0.148 e. The number of nitrogens with two attached hydrogens (primary N) is 1. The van der Waals surface area contributed by atoms with Gasteiger partial charge in [0.2, 0.25) is 0 Å². The summed E-state index contributed by atoms with van der Waals surface area (Å²) in [6.45, 7) is 8.83. The van der Waals surface area contributed by atoms with E-state index in [0.717, 1.165) is 19.3 Å². The molecule has 0 saturated heterocycles. The summed E-state index contributed by atoms with van der Waals surface area (Å²) in [7, 11) is 0. The van der Waals surface area contributed by atoms with E-state index in [1.165, 1.54) is 11.3 Å². The van der Waals surface area contributed by atoms with Crippen LogP contribution in [0.4, 0.5) is 5.82 Å². The summed E-state index contributed by atoms with van der Waals surface area (Å²) in [6, 6.07) is 0. The van der Waals surface area contributed by atoms with Gasteiger partial charge in [-0.3, -0.25) is 5.10 Å². The van der Waals surface area contributed by atoms with Crippen LogP contribution >= 0.6 is 0 Å². The zero-order valence-electron chi connectivity index (χ0n) is 9.65. The number of anilines is 1. The summed E-state index contributed by atoms with van der Waals surface area (Å²) in [5, 5.41) is 7.11. The number of hydrogen-bond acceptors (Lipinski definition) is 2. The standard InChI is InChI=1S/C11H21N3/c1-5-6-8-9(7-11(2,3)4)13-14-10(8)12/h5-7H2,1-4H3,(H3,12,13,14). The maximum atomic E-state index is 5.80. The van der Waals surface area contributed by atoms with Gasteiger partial charge in [-0.2, -0.15) is 5.10 Å². The lowest BCUT2D eigenvalue weighted by molar-refractivity contribution is 0.404. The molecule has 0 bridgehead atoms. The Morgan fingerprint density at radius 2 is 2.00 bits per heavy atom. The number of hydrogen-bond donors (Lipinski definition) is 2. The molecule has 3 N–H and O–H groups in total. The van der Waals surface area contributed by atoms with Crippen LogP contribution in [-0.2, 0) is 12.8 Å². The quantitative estimate of drug-likeness (QED) is 0.778. The molecule has 0 unspecified atom stereocenters. The minimum absolute atomic E-state index is 0.279. The summed E-state index contributed by atoms with van der Waals surface area (Å²) in [5.74, 6) is 0.672. The zero-order valence-corrected chi connectivity index (χ0v) is 9.65. The van der Waals surface area contributed by atoms with Crippen LogP contribution in [0.5, 0.6) is 0 Å². The SMILES string of the molecule is CCCc1c(N)n[nH]c1CC(C)(C)C. The maximum Gasteiger partial charge on any atom is 0.148 e. The van der Waals surface area contributed by atoms with Crippen LogP contribution in [0.15, 0.2) is 0 Å². The Labute approximate surface area is 86.1 Å². The fraction of sp³-hybridized carbons (Fsp3) is 0.727. The highest BCUT2D eigenvalue weighted by molar-refractivity contribution is 5.42. The Kier molecular flexibility index (Phi) is 3.19. The molecular formula is C11H21N3. The number of nitrogen functional groups attached to an aromatic ring is 1. The van der Waals surface area contributed by atoms with Gasteiger partial charge in [0, 0.05) is 11.3 Å². The Bertz CT molecular complexity index is 294. The largest absolute Gasteiger partial charge is 0.382 e. The summed E-state index contributed by atoms with van der Waals surface area (Å²) in [5.41, 5.74) is 8.50. The average molecular weight is 195 g/mol. The van der Waals surface area contributed by atoms with Gasteiger partial charge in [0.1, 0.15) is 5.82 Å². The van der Waals surface area contributed by atoms with Crippen LogP contribution in [0.3, 0.4) is 0 Å². The van der Waals surface area contributed by atoms with Crippen molar-refractivity contribution in [3.05, 3.63) is 11.3 Å². The van der Waals surface area contributed by atoms with E-state index in [1.54, 1.807) is 0 Å². The number of aromatic amines is 1. The molecule has 80 valence electrons. The third-order valence-corrected chi connectivity index (χ3v) is 2.19. The lowest BCUT2D eigenvalue weighted by Gasteiger charge is -2.17. The predicted molar refractivity (Wildman–Crippen MR) is 60.2 cm³/mol. The number of nitrogens with zero attached hydrogens (tertiary/aromatic N) is 1. The van der Waals surface area contributed by atoms with Crippen LogP contribution < -0.4 is 5.73 Å². The van der Waals surface area contributed by atoms with Gasteiger partial charge in [0.15, 0.2) is 0 Å². The highest BCUT2D eigenvalue weighted by Crippen LogP contribution is 2.24. The molecule has 1 aromatic heterocycles. The summed E-state index contributed by atoms with van der Waals surface area (Å²) < 4.78 is 0. The van der Waals surface area contributed by atoms with Crippen molar-refractivity contribution in [1.29, 1.82) is 0 Å². The molecular weight excluding hydrogens is 174 g/mol. The highest BCUT2D eigenvalue weighted by atomic mass is 15.2. The maximum absolute atomic E-state index is 5.80. The van der Waals surface area contributed by atoms with Crippen LogP contribution in [0.1, 0.15) is 45.4 Å². The van der Waals surface area contributed by atoms with Gasteiger partial charge in [0.25, 0.3) is 0 Å². The van der Waals surface area contributed by atoms with Crippen molar-refractivity contribution in [2.45, 2.75) is 47.0 Å². The van der Waals surface area contributed by atoms with Crippen LogP contribution in [0, 0.1) is 5.41 Å². The van der Waals surface area contributed by atoms with Crippen molar-refractivity contribution in [2.24, 2.45) is 5.41 Å². The lowest BCUT2D eigenvalue weighted by atomic mass is 9.89. The molecule has 0 aliphatic rings. The molecule has 0 atom stereocenters. The van der Waals surface area contributed by atoms with Crippen LogP contribution in [0.25, 0.3) is 0 Å². The summed E-state index contributed by atoms with van der Waals surface area (Å²) >= 11 is 0. The number of rotatable bonds is 3. The molecule has 0 radical (unpaired) electrons. The second kappa shape index (κ2) is 4.03. The molecule has 3 heteroatoms. The third-order valence-electron chi connectivity index (χ3n) is 2.19. The second-order valence-electron chi connectivity index (χ2n) is 5.05. The fourth-order valence-electron chi connectivity index (χ4n) is 1.62. The Morgan fingerprint density at radius 1 is 1.36 bits per heavy atom. The molecule has 0 amide bonds. The fourth-order valence-corrected chi connectivity index (χ4v) is 1.62. The normalized spacial score (nSPS) is 12.0. The van der Waals surface area contributed by atoms with E-state index in [-0.39, 0.29) is 5.41 Å². The van der Waals surface area contributed by atoms with E-state index in [9.17, 15) is 0 Å². The van der Waals surface area contributed by atoms with Crippen LogP contribution in [-0.4, -0.2) is 10.2 Å². The van der Waals surface area contributed by atoms with Gasteiger partial charge < -0.3 is 5.73 Å². The first kappa shape index (κ1) is 11.1. The van der Waals surface area contributed by atoms with Gasteiger partial charge in [-0.1, -0.05) is 34.1 Å². The molecule has 0 spiro atoms.